The first kappa shape index (κ1) is 9.33. The van der Waals surface area contributed by atoms with Gasteiger partial charge in [0.05, 0.1) is 7.85 Å². The average molecular weight is 186 g/mol. The van der Waals surface area contributed by atoms with Crippen molar-refractivity contribution in [2.75, 3.05) is 38.0 Å². The van der Waals surface area contributed by atoms with Gasteiger partial charge < -0.3 is 9.80 Å². The van der Waals surface area contributed by atoms with Crippen LogP contribution < -0.4 is 9.80 Å². The molecule has 5 heteroatoms. The average Bonchev–Trinajstić information content (AvgIpc) is 2.31. The highest BCUT2D eigenvalue weighted by atomic mass is 31.1. The Labute approximate surface area is 74.4 Å². The molecule has 0 bridgehead atoms. The van der Waals surface area contributed by atoms with Crippen LogP contribution in [0.2, 0.25) is 0 Å². The van der Waals surface area contributed by atoms with Crippen molar-refractivity contribution in [3.63, 3.8) is 0 Å². The quantitative estimate of drug-likeness (QED) is 0.693. The van der Waals surface area contributed by atoms with Crippen LogP contribution in [-0.2, 0) is 6.66 Å². The molecule has 0 atom stereocenters. The number of anilines is 2. The molecule has 0 aromatic carbocycles. The Hall–Kier alpha value is -0.760. The highest BCUT2D eigenvalue weighted by Crippen LogP contribution is 2.30. The number of nitrogens with zero attached hydrogens (tertiary/aromatic N) is 4. The molecule has 0 saturated carbocycles. The van der Waals surface area contributed by atoms with Gasteiger partial charge in [-0.05, 0) is 0 Å². The monoisotopic (exact) mass is 186 g/mol. The van der Waals surface area contributed by atoms with Gasteiger partial charge in [-0.15, -0.1) is 0 Å². The molecule has 0 N–H and O–H groups in total. The van der Waals surface area contributed by atoms with Gasteiger partial charge in [-0.1, -0.05) is 0 Å². The van der Waals surface area contributed by atoms with E-state index in [0.29, 0.717) is 0 Å². The number of hydrogen-bond acceptors (Lipinski definition) is 4. The van der Waals surface area contributed by atoms with E-state index < -0.39 is 7.85 Å². The normalized spacial score (nSPS) is 10.1. The summed E-state index contributed by atoms with van der Waals surface area (Å²) in [6.45, 7) is 2.05. The molecule has 0 spiro atoms. The van der Waals surface area contributed by atoms with Crippen LogP contribution in [0.4, 0.5) is 11.6 Å². The smallest absolute Gasteiger partial charge is 0.177 e. The van der Waals surface area contributed by atoms with Crippen LogP contribution in [0.15, 0.2) is 0 Å². The number of aromatic nitrogens is 2. The fourth-order valence-electron chi connectivity index (χ4n) is 0.965. The van der Waals surface area contributed by atoms with Gasteiger partial charge in [0.2, 0.25) is 0 Å². The van der Waals surface area contributed by atoms with Gasteiger partial charge >= 0.3 is 0 Å². The van der Waals surface area contributed by atoms with Crippen molar-refractivity contribution in [3.8, 4) is 0 Å². The lowest BCUT2D eigenvalue weighted by Crippen LogP contribution is -2.16. The summed E-state index contributed by atoms with van der Waals surface area (Å²) in [7, 11) is 7.45. The van der Waals surface area contributed by atoms with Gasteiger partial charge in [0, 0.05) is 34.9 Å². The van der Waals surface area contributed by atoms with Crippen molar-refractivity contribution in [2.45, 2.75) is 0 Å². The van der Waals surface area contributed by atoms with Crippen LogP contribution in [0.25, 0.3) is 0 Å². The first-order valence-corrected chi connectivity index (χ1v) is 5.47. The Morgan fingerprint density at radius 2 is 1.25 bits per heavy atom. The van der Waals surface area contributed by atoms with E-state index in [0.717, 1.165) is 11.6 Å². The van der Waals surface area contributed by atoms with Crippen LogP contribution in [0.1, 0.15) is 0 Å². The molecule has 0 unspecified atom stereocenters. The molecule has 0 aliphatic heterocycles. The summed E-state index contributed by atoms with van der Waals surface area (Å²) >= 11 is 0. The predicted octanol–water partition coefficient (Wildman–Crippen LogP) is 1.13. The van der Waals surface area contributed by atoms with Crippen LogP contribution >= 0.6 is 7.85 Å². The molecule has 0 aliphatic rings. The number of rotatable bonds is 2. The molecule has 1 heterocycles. The Morgan fingerprint density at radius 1 is 0.917 bits per heavy atom. The van der Waals surface area contributed by atoms with Gasteiger partial charge in [0.25, 0.3) is 0 Å². The fourth-order valence-corrected chi connectivity index (χ4v) is 2.09. The molecule has 0 amide bonds. The minimum atomic E-state index is -0.516. The second-order valence-corrected chi connectivity index (χ2v) is 4.50. The second-order valence-electron chi connectivity index (χ2n) is 3.13. The molecule has 0 radical (unpaired) electrons. The van der Waals surface area contributed by atoms with E-state index in [1.54, 1.807) is 0 Å². The van der Waals surface area contributed by atoms with Crippen molar-refractivity contribution < 1.29 is 0 Å². The summed E-state index contributed by atoms with van der Waals surface area (Å²) in [4.78, 5) is 4.01. The Kier molecular flexibility index (Phi) is 2.58. The maximum absolute atomic E-state index is 4.45. The number of hydrogen-bond donors (Lipinski definition) is 0. The van der Waals surface area contributed by atoms with Crippen LogP contribution in [0.3, 0.4) is 0 Å². The third-order valence-corrected chi connectivity index (χ3v) is 2.48. The SMILES string of the molecule is CN(C)c1np(C)nc1N(C)C. The van der Waals surface area contributed by atoms with Gasteiger partial charge in [-0.3, -0.25) is 0 Å². The third kappa shape index (κ3) is 1.69. The summed E-state index contributed by atoms with van der Waals surface area (Å²) in [5.74, 6) is 1.99. The van der Waals surface area contributed by atoms with E-state index in [4.69, 9.17) is 0 Å². The van der Waals surface area contributed by atoms with E-state index in [1.165, 1.54) is 0 Å². The largest absolute Gasteiger partial charge is 0.359 e. The fraction of sp³-hybridized carbons (Fsp3) is 0.714. The van der Waals surface area contributed by atoms with Crippen molar-refractivity contribution in [1.29, 1.82) is 0 Å². The Bertz CT molecular complexity index is 241. The molecule has 0 aliphatic carbocycles. The Balaban J connectivity index is 3.08. The minimum absolute atomic E-state index is 0.516. The van der Waals surface area contributed by atoms with Crippen molar-refractivity contribution in [3.05, 3.63) is 0 Å². The lowest BCUT2D eigenvalue weighted by Gasteiger charge is -2.15. The van der Waals surface area contributed by atoms with E-state index >= 15 is 0 Å². The minimum Gasteiger partial charge on any atom is -0.359 e. The summed E-state index contributed by atoms with van der Waals surface area (Å²) < 4.78 is 8.91. The zero-order valence-corrected chi connectivity index (χ0v) is 9.13. The third-order valence-electron chi connectivity index (χ3n) is 1.53. The lowest BCUT2D eigenvalue weighted by molar-refractivity contribution is 1.04. The zero-order chi connectivity index (χ0) is 9.30. The summed E-state index contributed by atoms with van der Waals surface area (Å²) in [5, 5.41) is 0. The molecule has 0 fully saturated rings. The van der Waals surface area contributed by atoms with Crippen LogP contribution in [0, 0.1) is 0 Å². The second kappa shape index (κ2) is 3.31. The van der Waals surface area contributed by atoms with Crippen molar-refractivity contribution in [1.82, 2.24) is 9.49 Å². The van der Waals surface area contributed by atoms with Gasteiger partial charge in [-0.2, -0.15) is 9.49 Å². The van der Waals surface area contributed by atoms with Crippen molar-refractivity contribution >= 4 is 19.5 Å². The zero-order valence-electron chi connectivity index (χ0n) is 8.24. The number of aryl methyl sites for hydroxylation is 1. The van der Waals surface area contributed by atoms with Gasteiger partial charge in [-0.25, -0.2) is 0 Å². The first-order valence-electron chi connectivity index (χ1n) is 3.78. The van der Waals surface area contributed by atoms with E-state index in [1.807, 2.05) is 38.0 Å². The molecular formula is C7H15N4P. The highest BCUT2D eigenvalue weighted by Gasteiger charge is 2.12. The van der Waals surface area contributed by atoms with Crippen LogP contribution in [0.5, 0.6) is 0 Å². The molecule has 1 rings (SSSR count). The first-order chi connectivity index (χ1) is 5.52. The molecule has 68 valence electrons. The predicted molar refractivity (Wildman–Crippen MR) is 54.4 cm³/mol. The van der Waals surface area contributed by atoms with Crippen molar-refractivity contribution in [2.24, 2.45) is 6.66 Å². The van der Waals surface area contributed by atoms with Gasteiger partial charge in [0.15, 0.2) is 11.6 Å². The van der Waals surface area contributed by atoms with E-state index in [9.17, 15) is 0 Å². The van der Waals surface area contributed by atoms with E-state index in [-0.39, 0.29) is 0 Å². The summed E-state index contributed by atoms with van der Waals surface area (Å²) in [5.41, 5.74) is 0. The standard InChI is InChI=1S/C7H15N4P/c1-10(2)6-7(11(3)4)9-12(5)8-6/h1-5H3. The summed E-state index contributed by atoms with van der Waals surface area (Å²) in [6.07, 6.45) is 0. The van der Waals surface area contributed by atoms with Gasteiger partial charge in [0.1, 0.15) is 0 Å². The Morgan fingerprint density at radius 3 is 1.50 bits per heavy atom. The maximum Gasteiger partial charge on any atom is 0.177 e. The van der Waals surface area contributed by atoms with Crippen LogP contribution in [-0.4, -0.2) is 37.7 Å². The summed E-state index contributed by atoms with van der Waals surface area (Å²) in [6, 6.07) is 0. The maximum atomic E-state index is 4.45. The molecule has 12 heavy (non-hydrogen) atoms. The van der Waals surface area contributed by atoms with E-state index in [2.05, 4.69) is 16.2 Å². The topological polar surface area (TPSA) is 32.3 Å². The molecular weight excluding hydrogens is 171 g/mol. The lowest BCUT2D eigenvalue weighted by atomic mass is 10.5. The molecule has 0 saturated heterocycles. The highest BCUT2D eigenvalue weighted by molar-refractivity contribution is 7.39. The molecule has 1 aromatic heterocycles. The molecule has 1 aromatic rings. The molecule has 4 nitrogen and oxygen atoms in total.